The van der Waals surface area contributed by atoms with Crippen molar-refractivity contribution in [3.63, 3.8) is 0 Å². The van der Waals surface area contributed by atoms with Crippen LogP contribution in [0.3, 0.4) is 0 Å². The van der Waals surface area contributed by atoms with Gasteiger partial charge in [-0.2, -0.15) is 0 Å². The average molecular weight is 465 g/mol. The topological polar surface area (TPSA) is 60.2 Å². The van der Waals surface area contributed by atoms with E-state index in [2.05, 4.69) is 10.2 Å². The van der Waals surface area contributed by atoms with E-state index < -0.39 is 0 Å². The summed E-state index contributed by atoms with van der Waals surface area (Å²) in [5.74, 6) is 1.72. The molecule has 0 radical (unpaired) electrons. The Labute approximate surface area is 195 Å². The van der Waals surface area contributed by atoms with Crippen LogP contribution in [-0.4, -0.2) is 45.5 Å². The molecule has 4 aromatic rings. The van der Waals surface area contributed by atoms with E-state index in [9.17, 15) is 4.79 Å². The Balaban J connectivity index is 1.60. The van der Waals surface area contributed by atoms with Crippen LogP contribution < -0.4 is 4.74 Å². The van der Waals surface area contributed by atoms with Gasteiger partial charge in [-0.25, -0.2) is 0 Å². The molecule has 4 rings (SSSR count). The number of methoxy groups -OCH3 is 1. The van der Waals surface area contributed by atoms with Gasteiger partial charge in [-0.1, -0.05) is 60.3 Å². The van der Waals surface area contributed by atoms with E-state index in [0.29, 0.717) is 10.9 Å². The number of thioether (sulfide) groups is 1. The van der Waals surface area contributed by atoms with Gasteiger partial charge in [0, 0.05) is 7.05 Å². The Bertz CT molecular complexity index is 1180. The maximum atomic E-state index is 13.0. The number of carbonyl (C=O) groups is 1. The first-order chi connectivity index (χ1) is 15.6. The fraction of sp³-hybridized carbons (Fsp3) is 0.208. The molecule has 0 aliphatic carbocycles. The molecule has 2 aromatic carbocycles. The maximum absolute atomic E-state index is 13.0. The molecule has 6 nitrogen and oxygen atoms in total. The molecule has 0 bridgehead atoms. The molecule has 32 heavy (non-hydrogen) atoms. The number of aromatic nitrogens is 3. The number of carbonyl (C=O) groups excluding carboxylic acids is 1. The molecule has 164 valence electrons. The van der Waals surface area contributed by atoms with Crippen molar-refractivity contribution in [2.24, 2.45) is 0 Å². The van der Waals surface area contributed by atoms with E-state index >= 15 is 0 Å². The van der Waals surface area contributed by atoms with Crippen LogP contribution in [-0.2, 0) is 4.79 Å². The maximum Gasteiger partial charge on any atom is 0.233 e. The number of rotatable bonds is 8. The van der Waals surface area contributed by atoms with Gasteiger partial charge >= 0.3 is 0 Å². The largest absolute Gasteiger partial charge is 0.495 e. The van der Waals surface area contributed by atoms with Crippen molar-refractivity contribution < 1.29 is 9.53 Å². The lowest BCUT2D eigenvalue weighted by Crippen LogP contribution is -2.31. The average Bonchev–Trinajstić information content (AvgIpc) is 3.52. The van der Waals surface area contributed by atoms with E-state index in [1.807, 2.05) is 90.6 Å². The minimum Gasteiger partial charge on any atom is -0.495 e. The van der Waals surface area contributed by atoms with E-state index in [1.165, 1.54) is 11.8 Å². The molecule has 1 atom stereocenters. The molecular formula is C24H24N4O2S2. The monoisotopic (exact) mass is 464 g/mol. The summed E-state index contributed by atoms with van der Waals surface area (Å²) in [5, 5.41) is 11.5. The molecule has 0 aliphatic heterocycles. The normalized spacial score (nSPS) is 11.8. The van der Waals surface area contributed by atoms with Gasteiger partial charge in [0.25, 0.3) is 0 Å². The van der Waals surface area contributed by atoms with Crippen LogP contribution in [0.5, 0.6) is 5.75 Å². The first-order valence-corrected chi connectivity index (χ1v) is 12.0. The second kappa shape index (κ2) is 10.0. The summed E-state index contributed by atoms with van der Waals surface area (Å²) in [6.07, 6.45) is 0. The number of hydrogen-bond acceptors (Lipinski definition) is 6. The van der Waals surface area contributed by atoms with Crippen LogP contribution in [0.2, 0.25) is 0 Å². The van der Waals surface area contributed by atoms with E-state index in [-0.39, 0.29) is 17.7 Å². The minimum atomic E-state index is -0.0157. The third-order valence-electron chi connectivity index (χ3n) is 5.28. The van der Waals surface area contributed by atoms with Crippen LogP contribution in [0.4, 0.5) is 0 Å². The van der Waals surface area contributed by atoms with Crippen molar-refractivity contribution in [1.82, 2.24) is 19.7 Å². The van der Waals surface area contributed by atoms with Crippen molar-refractivity contribution in [2.45, 2.75) is 18.1 Å². The van der Waals surface area contributed by atoms with Gasteiger partial charge in [0.05, 0.1) is 29.5 Å². The predicted molar refractivity (Wildman–Crippen MR) is 130 cm³/mol. The molecule has 0 N–H and O–H groups in total. The third-order valence-corrected chi connectivity index (χ3v) is 7.06. The molecule has 2 heterocycles. The molecule has 1 unspecified atom stereocenters. The Morgan fingerprint density at radius 2 is 1.84 bits per heavy atom. The highest BCUT2D eigenvalue weighted by Gasteiger charge is 2.22. The number of hydrogen-bond donors (Lipinski definition) is 0. The fourth-order valence-corrected chi connectivity index (χ4v) is 4.93. The van der Waals surface area contributed by atoms with Crippen molar-refractivity contribution >= 4 is 29.0 Å². The molecule has 0 aliphatic rings. The molecular weight excluding hydrogens is 440 g/mol. The Kier molecular flexibility index (Phi) is 6.92. The highest BCUT2D eigenvalue weighted by atomic mass is 32.2. The number of nitrogens with zero attached hydrogens (tertiary/aromatic N) is 4. The second-order valence-electron chi connectivity index (χ2n) is 7.17. The Morgan fingerprint density at radius 1 is 1.09 bits per heavy atom. The summed E-state index contributed by atoms with van der Waals surface area (Å²) in [4.78, 5) is 15.7. The molecule has 2 aromatic heterocycles. The van der Waals surface area contributed by atoms with Gasteiger partial charge in [0.1, 0.15) is 5.75 Å². The lowest BCUT2D eigenvalue weighted by molar-refractivity contribution is -0.128. The van der Waals surface area contributed by atoms with Gasteiger partial charge < -0.3 is 9.64 Å². The SMILES string of the molecule is COc1ccccc1-n1c(SCC(=O)N(C)C(C)c2ccccc2)nnc1-c1cccs1. The van der Waals surface area contributed by atoms with Gasteiger partial charge in [0.2, 0.25) is 5.91 Å². The van der Waals surface area contributed by atoms with Gasteiger partial charge in [-0.3, -0.25) is 9.36 Å². The summed E-state index contributed by atoms with van der Waals surface area (Å²) in [5.41, 5.74) is 1.94. The number of thiophene rings is 1. The Hall–Kier alpha value is -3.10. The smallest absolute Gasteiger partial charge is 0.233 e. The predicted octanol–water partition coefficient (Wildman–Crippen LogP) is 5.32. The van der Waals surface area contributed by atoms with Gasteiger partial charge in [0.15, 0.2) is 11.0 Å². The summed E-state index contributed by atoms with van der Waals surface area (Å²) >= 11 is 2.97. The first kappa shape index (κ1) is 22.1. The molecule has 1 amide bonds. The molecule has 0 saturated heterocycles. The van der Waals surface area contributed by atoms with Crippen LogP contribution >= 0.6 is 23.1 Å². The molecule has 8 heteroatoms. The van der Waals surface area contributed by atoms with E-state index in [4.69, 9.17) is 4.74 Å². The quantitative estimate of drug-likeness (QED) is 0.331. The lowest BCUT2D eigenvalue weighted by atomic mass is 10.1. The Morgan fingerprint density at radius 3 is 2.56 bits per heavy atom. The van der Waals surface area contributed by atoms with Crippen molar-refractivity contribution in [3.05, 3.63) is 77.7 Å². The zero-order valence-electron chi connectivity index (χ0n) is 18.1. The molecule has 0 fully saturated rings. The van der Waals surface area contributed by atoms with E-state index in [1.54, 1.807) is 23.3 Å². The summed E-state index contributed by atoms with van der Waals surface area (Å²) in [7, 11) is 3.48. The summed E-state index contributed by atoms with van der Waals surface area (Å²) < 4.78 is 7.54. The minimum absolute atomic E-state index is 0.0157. The van der Waals surface area contributed by atoms with Gasteiger partial charge in [-0.05, 0) is 36.1 Å². The first-order valence-electron chi connectivity index (χ1n) is 10.2. The van der Waals surface area contributed by atoms with Crippen LogP contribution in [0.15, 0.2) is 77.3 Å². The van der Waals surface area contributed by atoms with Crippen molar-refractivity contribution in [1.29, 1.82) is 0 Å². The highest BCUT2D eigenvalue weighted by Crippen LogP contribution is 2.34. The van der Waals surface area contributed by atoms with Crippen LogP contribution in [0.1, 0.15) is 18.5 Å². The number of benzene rings is 2. The summed E-state index contributed by atoms with van der Waals surface area (Å²) in [6, 6.07) is 21.7. The zero-order valence-corrected chi connectivity index (χ0v) is 19.8. The molecule has 0 spiro atoms. The van der Waals surface area contributed by atoms with E-state index in [0.717, 1.165) is 22.0 Å². The zero-order chi connectivity index (χ0) is 22.5. The van der Waals surface area contributed by atoms with Gasteiger partial charge in [-0.15, -0.1) is 21.5 Å². The number of amides is 1. The van der Waals surface area contributed by atoms with Crippen LogP contribution in [0.25, 0.3) is 16.4 Å². The van der Waals surface area contributed by atoms with Crippen molar-refractivity contribution in [2.75, 3.05) is 19.9 Å². The second-order valence-corrected chi connectivity index (χ2v) is 9.06. The van der Waals surface area contributed by atoms with Crippen LogP contribution in [0, 0.1) is 0 Å². The number of para-hydroxylation sites is 2. The summed E-state index contributed by atoms with van der Waals surface area (Å²) in [6.45, 7) is 2.03. The van der Waals surface area contributed by atoms with Crippen molar-refractivity contribution in [3.8, 4) is 22.1 Å². The lowest BCUT2D eigenvalue weighted by Gasteiger charge is -2.25. The molecule has 0 saturated carbocycles. The fourth-order valence-electron chi connectivity index (χ4n) is 3.36. The number of ether oxygens (including phenoxy) is 1. The standard InChI is InChI=1S/C24H24N4O2S2/c1-17(18-10-5-4-6-11-18)27(2)22(29)16-32-24-26-25-23(21-14-9-15-31-21)28(24)19-12-7-8-13-20(19)30-3/h4-15,17H,16H2,1-3H3. The highest BCUT2D eigenvalue weighted by molar-refractivity contribution is 7.99. The third kappa shape index (κ3) is 4.56.